The molecule has 3 atom stereocenters. The Labute approximate surface area is 106 Å². The van der Waals surface area contributed by atoms with Gasteiger partial charge < -0.3 is 25.2 Å². The van der Waals surface area contributed by atoms with Crippen LogP contribution in [-0.4, -0.2) is 64.6 Å². The lowest BCUT2D eigenvalue weighted by Crippen LogP contribution is -2.55. The molecule has 3 N–H and O–H groups in total. The molecule has 104 valence electrons. The van der Waals surface area contributed by atoms with Crippen molar-refractivity contribution < 1.29 is 24.5 Å². The highest BCUT2D eigenvalue weighted by Gasteiger charge is 2.32. The van der Waals surface area contributed by atoms with Crippen LogP contribution < -0.4 is 5.32 Å². The number of carbonyl (C=O) groups is 2. The van der Waals surface area contributed by atoms with Gasteiger partial charge >= 0.3 is 12.0 Å². The van der Waals surface area contributed by atoms with E-state index in [-0.39, 0.29) is 18.8 Å². The minimum absolute atomic E-state index is 0.0560. The maximum Gasteiger partial charge on any atom is 0.337 e. The molecule has 1 fully saturated rings. The van der Waals surface area contributed by atoms with Gasteiger partial charge in [-0.3, -0.25) is 0 Å². The van der Waals surface area contributed by atoms with Crippen LogP contribution in [0.2, 0.25) is 0 Å². The van der Waals surface area contributed by atoms with E-state index in [1.165, 1.54) is 0 Å². The monoisotopic (exact) mass is 260 g/mol. The molecule has 7 heteroatoms. The molecule has 18 heavy (non-hydrogen) atoms. The van der Waals surface area contributed by atoms with Gasteiger partial charge in [-0.2, -0.15) is 0 Å². The summed E-state index contributed by atoms with van der Waals surface area (Å²) >= 11 is 0. The van der Waals surface area contributed by atoms with Crippen molar-refractivity contribution in [3.8, 4) is 0 Å². The molecule has 0 bridgehead atoms. The van der Waals surface area contributed by atoms with Crippen molar-refractivity contribution in [3.63, 3.8) is 0 Å². The molecular formula is C11H20N2O5. The number of carboxylic acid groups (broad SMARTS) is 1. The zero-order chi connectivity index (χ0) is 13.9. The van der Waals surface area contributed by atoms with Gasteiger partial charge in [-0.1, -0.05) is 0 Å². The highest BCUT2D eigenvalue weighted by atomic mass is 16.5. The summed E-state index contributed by atoms with van der Waals surface area (Å²) in [5, 5.41) is 20.6. The molecule has 1 rings (SSSR count). The first-order chi connectivity index (χ1) is 8.22. The van der Waals surface area contributed by atoms with Crippen molar-refractivity contribution >= 4 is 12.0 Å². The Balaban J connectivity index is 2.48. The molecule has 0 radical (unpaired) electrons. The SMILES string of the molecule is CC1CN(C(=O)NCC(C)(O)C(=O)O)CC(C)O1. The second-order valence-corrected chi connectivity index (χ2v) is 4.90. The summed E-state index contributed by atoms with van der Waals surface area (Å²) in [6.45, 7) is 5.44. The number of carbonyl (C=O) groups excluding carboxylic acids is 1. The highest BCUT2D eigenvalue weighted by Crippen LogP contribution is 2.11. The molecule has 3 unspecified atom stereocenters. The maximum atomic E-state index is 11.8. The van der Waals surface area contributed by atoms with Gasteiger partial charge in [0.1, 0.15) is 0 Å². The summed E-state index contributed by atoms with van der Waals surface area (Å²) in [5.41, 5.74) is -1.96. The number of ether oxygens (including phenoxy) is 1. The van der Waals surface area contributed by atoms with Crippen LogP contribution in [0.5, 0.6) is 0 Å². The lowest BCUT2D eigenvalue weighted by molar-refractivity contribution is -0.155. The molecule has 2 amide bonds. The quantitative estimate of drug-likeness (QED) is 0.643. The minimum atomic E-state index is -1.96. The van der Waals surface area contributed by atoms with Gasteiger partial charge in [0, 0.05) is 13.1 Å². The zero-order valence-corrected chi connectivity index (χ0v) is 10.8. The minimum Gasteiger partial charge on any atom is -0.479 e. The third kappa shape index (κ3) is 3.85. The zero-order valence-electron chi connectivity index (χ0n) is 10.8. The predicted molar refractivity (Wildman–Crippen MR) is 63.2 cm³/mol. The van der Waals surface area contributed by atoms with E-state index in [2.05, 4.69) is 5.32 Å². The summed E-state index contributed by atoms with van der Waals surface area (Å²) in [6.07, 6.45) is -0.112. The number of hydrogen-bond donors (Lipinski definition) is 3. The van der Waals surface area contributed by atoms with Crippen LogP contribution in [0.25, 0.3) is 0 Å². The number of amides is 2. The van der Waals surface area contributed by atoms with Crippen LogP contribution in [0.1, 0.15) is 20.8 Å². The molecular weight excluding hydrogens is 240 g/mol. The lowest BCUT2D eigenvalue weighted by Gasteiger charge is -2.35. The number of rotatable bonds is 3. The molecule has 0 spiro atoms. The number of nitrogens with one attached hydrogen (secondary N) is 1. The first-order valence-corrected chi connectivity index (χ1v) is 5.86. The highest BCUT2D eigenvalue weighted by molar-refractivity contribution is 5.79. The van der Waals surface area contributed by atoms with E-state index >= 15 is 0 Å². The standard InChI is InChI=1S/C11H20N2O5/c1-7-4-13(5-8(2)18-7)10(16)12-6-11(3,17)9(14)15/h7-8,17H,4-6H2,1-3H3,(H,12,16)(H,14,15). The van der Waals surface area contributed by atoms with Gasteiger partial charge in [0.15, 0.2) is 5.60 Å². The van der Waals surface area contributed by atoms with Gasteiger partial charge in [-0.25, -0.2) is 9.59 Å². The average Bonchev–Trinajstić information content (AvgIpc) is 2.24. The van der Waals surface area contributed by atoms with Gasteiger partial charge in [-0.15, -0.1) is 0 Å². The van der Waals surface area contributed by atoms with Crippen LogP contribution in [0.15, 0.2) is 0 Å². The first kappa shape index (κ1) is 14.7. The molecule has 0 aromatic heterocycles. The number of carboxylic acids is 1. The van der Waals surface area contributed by atoms with Gasteiger partial charge in [0.2, 0.25) is 0 Å². The second kappa shape index (κ2) is 5.53. The van der Waals surface area contributed by atoms with Gasteiger partial charge in [0.25, 0.3) is 0 Å². The van der Waals surface area contributed by atoms with E-state index in [9.17, 15) is 14.7 Å². The molecule has 1 aliphatic heterocycles. The van der Waals surface area contributed by atoms with Crippen LogP contribution in [-0.2, 0) is 9.53 Å². The fourth-order valence-corrected chi connectivity index (χ4v) is 1.78. The second-order valence-electron chi connectivity index (χ2n) is 4.90. The largest absolute Gasteiger partial charge is 0.479 e. The molecule has 0 aromatic rings. The summed E-state index contributed by atoms with van der Waals surface area (Å²) in [5.74, 6) is -1.37. The van der Waals surface area contributed by atoms with E-state index in [1.807, 2.05) is 13.8 Å². The molecule has 1 heterocycles. The molecule has 0 aromatic carbocycles. The van der Waals surface area contributed by atoms with E-state index < -0.39 is 17.6 Å². The topological polar surface area (TPSA) is 99.1 Å². The molecule has 1 aliphatic rings. The normalized spacial score (nSPS) is 27.4. The third-order valence-electron chi connectivity index (χ3n) is 2.75. The van der Waals surface area contributed by atoms with Crippen molar-refractivity contribution in [3.05, 3.63) is 0 Å². The fraction of sp³-hybridized carbons (Fsp3) is 0.818. The van der Waals surface area contributed by atoms with Crippen LogP contribution >= 0.6 is 0 Å². The predicted octanol–water partition coefficient (Wildman–Crippen LogP) is -0.359. The lowest BCUT2D eigenvalue weighted by atomic mass is 10.1. The Morgan fingerprint density at radius 1 is 1.39 bits per heavy atom. The number of morpholine rings is 1. The number of aliphatic carboxylic acids is 1. The summed E-state index contributed by atoms with van der Waals surface area (Å²) < 4.78 is 5.49. The van der Waals surface area contributed by atoms with Gasteiger partial charge in [-0.05, 0) is 20.8 Å². The number of nitrogens with zero attached hydrogens (tertiary/aromatic N) is 1. The number of hydrogen-bond acceptors (Lipinski definition) is 4. The molecule has 1 saturated heterocycles. The Morgan fingerprint density at radius 2 is 1.89 bits per heavy atom. The third-order valence-corrected chi connectivity index (χ3v) is 2.75. The maximum absolute atomic E-state index is 11.8. The van der Waals surface area contributed by atoms with Crippen molar-refractivity contribution in [2.45, 2.75) is 38.6 Å². The Hall–Kier alpha value is -1.34. The molecule has 0 saturated carbocycles. The molecule has 0 aliphatic carbocycles. The number of urea groups is 1. The van der Waals surface area contributed by atoms with Crippen molar-refractivity contribution in [2.24, 2.45) is 0 Å². The van der Waals surface area contributed by atoms with E-state index in [0.717, 1.165) is 6.92 Å². The first-order valence-electron chi connectivity index (χ1n) is 5.86. The smallest absolute Gasteiger partial charge is 0.337 e. The summed E-state index contributed by atoms with van der Waals surface area (Å²) in [4.78, 5) is 24.0. The van der Waals surface area contributed by atoms with Crippen molar-refractivity contribution in [2.75, 3.05) is 19.6 Å². The van der Waals surface area contributed by atoms with E-state index in [0.29, 0.717) is 13.1 Å². The summed E-state index contributed by atoms with van der Waals surface area (Å²) in [7, 11) is 0. The van der Waals surface area contributed by atoms with Crippen LogP contribution in [0.4, 0.5) is 4.79 Å². The van der Waals surface area contributed by atoms with E-state index in [4.69, 9.17) is 9.84 Å². The van der Waals surface area contributed by atoms with Crippen molar-refractivity contribution in [1.29, 1.82) is 0 Å². The Morgan fingerprint density at radius 3 is 2.33 bits per heavy atom. The van der Waals surface area contributed by atoms with E-state index in [1.54, 1.807) is 4.90 Å². The Bertz CT molecular complexity index is 321. The van der Waals surface area contributed by atoms with Gasteiger partial charge in [0.05, 0.1) is 18.8 Å². The fourth-order valence-electron chi connectivity index (χ4n) is 1.78. The van der Waals surface area contributed by atoms with Crippen LogP contribution in [0, 0.1) is 0 Å². The van der Waals surface area contributed by atoms with Crippen LogP contribution in [0.3, 0.4) is 0 Å². The number of aliphatic hydroxyl groups is 1. The Kier molecular flexibility index (Phi) is 4.53. The van der Waals surface area contributed by atoms with Crippen molar-refractivity contribution in [1.82, 2.24) is 10.2 Å². The average molecular weight is 260 g/mol. The summed E-state index contributed by atoms with van der Waals surface area (Å²) in [6, 6.07) is -0.390. The molecule has 7 nitrogen and oxygen atoms in total.